The van der Waals surface area contributed by atoms with E-state index in [1.165, 1.54) is 7.11 Å². The highest BCUT2D eigenvalue weighted by Gasteiger charge is 2.22. The number of pyridine rings is 1. The molecule has 0 radical (unpaired) electrons. The summed E-state index contributed by atoms with van der Waals surface area (Å²) in [7, 11) is 1.31. The summed E-state index contributed by atoms with van der Waals surface area (Å²) < 4.78 is 9.50. The minimum absolute atomic E-state index is 0.271. The number of nitrogens with one attached hydrogen (secondary N) is 1. The highest BCUT2D eigenvalue weighted by atomic mass is 16.6. The number of amides is 2. The molecule has 0 unspecified atom stereocenters. The van der Waals surface area contributed by atoms with Crippen molar-refractivity contribution in [3.8, 4) is 0 Å². The second-order valence-electron chi connectivity index (χ2n) is 4.69. The molecule has 0 spiro atoms. The van der Waals surface area contributed by atoms with E-state index in [1.54, 1.807) is 24.1 Å². The minimum atomic E-state index is -0.530. The summed E-state index contributed by atoms with van der Waals surface area (Å²) in [5.41, 5.74) is 0.570. The van der Waals surface area contributed by atoms with Crippen molar-refractivity contribution >= 4 is 23.7 Å². The zero-order valence-electron chi connectivity index (χ0n) is 12.7. The minimum Gasteiger partial charge on any atom is -0.453 e. The molecule has 2 rings (SSSR count). The molecule has 1 aliphatic rings. The number of ether oxygens (including phenoxy) is 2. The van der Waals surface area contributed by atoms with Gasteiger partial charge in [-0.25, -0.2) is 14.6 Å². The van der Waals surface area contributed by atoms with Gasteiger partial charge in [-0.15, -0.1) is 0 Å². The summed E-state index contributed by atoms with van der Waals surface area (Å²) in [5.74, 6) is 0.805. The van der Waals surface area contributed by atoms with Crippen molar-refractivity contribution in [2.75, 3.05) is 50.1 Å². The van der Waals surface area contributed by atoms with E-state index in [2.05, 4.69) is 19.9 Å². The van der Waals surface area contributed by atoms with Crippen LogP contribution < -0.4 is 10.2 Å². The largest absolute Gasteiger partial charge is 0.453 e. The first kappa shape index (κ1) is 15.9. The van der Waals surface area contributed by atoms with Crippen molar-refractivity contribution in [3.05, 3.63) is 18.3 Å². The Morgan fingerprint density at radius 3 is 2.55 bits per heavy atom. The van der Waals surface area contributed by atoms with Gasteiger partial charge in [0.2, 0.25) is 0 Å². The SMILES string of the molecule is CCOC(=O)N1CCN(c2ccc(NC(=O)OC)cn2)CC1. The quantitative estimate of drug-likeness (QED) is 0.912. The van der Waals surface area contributed by atoms with E-state index in [0.29, 0.717) is 38.5 Å². The third-order valence-corrected chi connectivity index (χ3v) is 3.31. The van der Waals surface area contributed by atoms with Crippen molar-refractivity contribution in [1.82, 2.24) is 9.88 Å². The molecule has 1 aromatic heterocycles. The van der Waals surface area contributed by atoms with Crippen LogP contribution >= 0.6 is 0 Å². The predicted octanol–water partition coefficient (Wildman–Crippen LogP) is 1.54. The van der Waals surface area contributed by atoms with Crippen LogP contribution in [0.2, 0.25) is 0 Å². The highest BCUT2D eigenvalue weighted by molar-refractivity contribution is 5.84. The molecule has 1 N–H and O–H groups in total. The first-order chi connectivity index (χ1) is 10.6. The topological polar surface area (TPSA) is 84.0 Å². The second-order valence-corrected chi connectivity index (χ2v) is 4.69. The van der Waals surface area contributed by atoms with Crippen LogP contribution in [0, 0.1) is 0 Å². The number of carbonyl (C=O) groups excluding carboxylic acids is 2. The summed E-state index contributed by atoms with van der Waals surface area (Å²) in [6.45, 7) is 4.76. The fourth-order valence-corrected chi connectivity index (χ4v) is 2.15. The maximum Gasteiger partial charge on any atom is 0.411 e. The van der Waals surface area contributed by atoms with Crippen LogP contribution in [0.25, 0.3) is 0 Å². The molecule has 0 atom stereocenters. The molecule has 1 aromatic rings. The first-order valence-corrected chi connectivity index (χ1v) is 7.11. The molecule has 2 amide bonds. The predicted molar refractivity (Wildman–Crippen MR) is 81.1 cm³/mol. The Bertz CT molecular complexity index is 512. The maximum atomic E-state index is 11.6. The van der Waals surface area contributed by atoms with Crippen LogP contribution in [0.15, 0.2) is 18.3 Å². The van der Waals surface area contributed by atoms with Crippen LogP contribution in [0.3, 0.4) is 0 Å². The number of carbonyl (C=O) groups is 2. The van der Waals surface area contributed by atoms with Gasteiger partial charge in [0.25, 0.3) is 0 Å². The van der Waals surface area contributed by atoms with Gasteiger partial charge in [-0.2, -0.15) is 0 Å². The zero-order valence-corrected chi connectivity index (χ0v) is 12.7. The molecule has 0 bridgehead atoms. The van der Waals surface area contributed by atoms with Gasteiger partial charge >= 0.3 is 12.2 Å². The summed E-state index contributed by atoms with van der Waals surface area (Å²) >= 11 is 0. The van der Waals surface area contributed by atoms with E-state index in [4.69, 9.17) is 4.74 Å². The Morgan fingerprint density at radius 1 is 1.27 bits per heavy atom. The number of anilines is 2. The molecule has 0 saturated carbocycles. The molecule has 120 valence electrons. The first-order valence-electron chi connectivity index (χ1n) is 7.11. The molecule has 0 aromatic carbocycles. The van der Waals surface area contributed by atoms with E-state index in [9.17, 15) is 9.59 Å². The summed E-state index contributed by atoms with van der Waals surface area (Å²) in [6, 6.07) is 3.59. The van der Waals surface area contributed by atoms with Gasteiger partial charge in [-0.1, -0.05) is 0 Å². The lowest BCUT2D eigenvalue weighted by Crippen LogP contribution is -2.49. The van der Waals surface area contributed by atoms with E-state index in [0.717, 1.165) is 5.82 Å². The van der Waals surface area contributed by atoms with Crippen molar-refractivity contribution in [3.63, 3.8) is 0 Å². The average Bonchev–Trinajstić information content (AvgIpc) is 2.56. The molecular formula is C14H20N4O4. The summed E-state index contributed by atoms with van der Waals surface area (Å²) in [4.78, 5) is 30.8. The number of methoxy groups -OCH3 is 1. The van der Waals surface area contributed by atoms with Crippen LogP contribution in [-0.2, 0) is 9.47 Å². The van der Waals surface area contributed by atoms with Crippen LogP contribution in [0.1, 0.15) is 6.92 Å². The van der Waals surface area contributed by atoms with Gasteiger partial charge in [-0.3, -0.25) is 5.32 Å². The Labute approximate surface area is 129 Å². The molecule has 8 nitrogen and oxygen atoms in total. The van der Waals surface area contributed by atoms with Crippen molar-refractivity contribution in [1.29, 1.82) is 0 Å². The molecule has 8 heteroatoms. The lowest BCUT2D eigenvalue weighted by molar-refractivity contribution is 0.105. The molecule has 0 aliphatic carbocycles. The monoisotopic (exact) mass is 308 g/mol. The molecule has 1 aliphatic heterocycles. The van der Waals surface area contributed by atoms with E-state index < -0.39 is 6.09 Å². The van der Waals surface area contributed by atoms with Gasteiger partial charge in [0.1, 0.15) is 5.82 Å². The van der Waals surface area contributed by atoms with Crippen LogP contribution in [0.5, 0.6) is 0 Å². The molecule has 22 heavy (non-hydrogen) atoms. The van der Waals surface area contributed by atoms with Crippen LogP contribution in [-0.4, -0.2) is 62.0 Å². The number of hydrogen-bond donors (Lipinski definition) is 1. The third-order valence-electron chi connectivity index (χ3n) is 3.31. The molecule has 1 fully saturated rings. The van der Waals surface area contributed by atoms with Crippen LogP contribution in [0.4, 0.5) is 21.1 Å². The summed E-state index contributed by atoms with van der Waals surface area (Å²) in [6.07, 6.45) is 0.773. The number of aromatic nitrogens is 1. The Kier molecular flexibility index (Phi) is 5.40. The Morgan fingerprint density at radius 2 is 2.00 bits per heavy atom. The van der Waals surface area contributed by atoms with E-state index >= 15 is 0 Å². The van der Waals surface area contributed by atoms with E-state index in [1.807, 2.05) is 6.07 Å². The van der Waals surface area contributed by atoms with Crippen molar-refractivity contribution in [2.24, 2.45) is 0 Å². The number of nitrogens with zero attached hydrogens (tertiary/aromatic N) is 3. The molecule has 2 heterocycles. The number of hydrogen-bond acceptors (Lipinski definition) is 6. The standard InChI is InChI=1S/C14H20N4O4/c1-3-22-14(20)18-8-6-17(7-9-18)12-5-4-11(10-15-12)16-13(19)21-2/h4-5,10H,3,6-9H2,1-2H3,(H,16,19). The van der Waals surface area contributed by atoms with Gasteiger partial charge < -0.3 is 19.3 Å². The van der Waals surface area contributed by atoms with Crippen molar-refractivity contribution < 1.29 is 19.1 Å². The average molecular weight is 308 g/mol. The van der Waals surface area contributed by atoms with Gasteiger partial charge in [0, 0.05) is 26.2 Å². The maximum absolute atomic E-state index is 11.6. The lowest BCUT2D eigenvalue weighted by Gasteiger charge is -2.34. The lowest BCUT2D eigenvalue weighted by atomic mass is 10.3. The molecular weight excluding hydrogens is 288 g/mol. The fraction of sp³-hybridized carbons (Fsp3) is 0.500. The van der Waals surface area contributed by atoms with Gasteiger partial charge in [0.15, 0.2) is 0 Å². The second kappa shape index (κ2) is 7.48. The van der Waals surface area contributed by atoms with Gasteiger partial charge in [-0.05, 0) is 19.1 Å². The van der Waals surface area contributed by atoms with Gasteiger partial charge in [0.05, 0.1) is 25.6 Å². The zero-order chi connectivity index (χ0) is 15.9. The van der Waals surface area contributed by atoms with E-state index in [-0.39, 0.29) is 6.09 Å². The summed E-state index contributed by atoms with van der Waals surface area (Å²) in [5, 5.41) is 2.55. The fourth-order valence-electron chi connectivity index (χ4n) is 2.15. The highest BCUT2D eigenvalue weighted by Crippen LogP contribution is 2.16. The molecule has 1 saturated heterocycles. The van der Waals surface area contributed by atoms with Crippen molar-refractivity contribution in [2.45, 2.75) is 6.92 Å². The third kappa shape index (κ3) is 4.00. The Balaban J connectivity index is 1.88. The number of piperazine rings is 1. The normalized spacial score (nSPS) is 14.5. The smallest absolute Gasteiger partial charge is 0.411 e. The number of rotatable bonds is 3. The Hall–Kier alpha value is -2.51.